The number of aliphatic imine (C=N–C) groups is 1. The van der Waals surface area contributed by atoms with Crippen molar-refractivity contribution in [2.24, 2.45) is 16.3 Å². The van der Waals surface area contributed by atoms with Gasteiger partial charge in [-0.15, -0.1) is 0 Å². The summed E-state index contributed by atoms with van der Waals surface area (Å²) in [5.74, 6) is 1.88. The Balaban J connectivity index is 1.45. The van der Waals surface area contributed by atoms with E-state index in [-0.39, 0.29) is 5.91 Å². The third-order valence-electron chi connectivity index (χ3n) is 6.90. The zero-order valence-corrected chi connectivity index (χ0v) is 15.7. The fraction of sp³-hybridized carbons (Fsp3) is 0.895. The van der Waals surface area contributed by atoms with Crippen LogP contribution in [-0.2, 0) is 9.53 Å². The molecule has 3 atom stereocenters. The Morgan fingerprint density at radius 2 is 1.88 bits per heavy atom. The maximum absolute atomic E-state index is 11.6. The molecule has 2 saturated carbocycles. The first-order valence-corrected chi connectivity index (χ1v) is 10.1. The first-order valence-electron chi connectivity index (χ1n) is 10.1. The van der Waals surface area contributed by atoms with E-state index in [4.69, 9.17) is 9.73 Å². The van der Waals surface area contributed by atoms with Gasteiger partial charge in [0, 0.05) is 63.6 Å². The van der Waals surface area contributed by atoms with Crippen LogP contribution in [0.2, 0.25) is 0 Å². The summed E-state index contributed by atoms with van der Waals surface area (Å²) in [6, 6.07) is 0.513. The molecule has 4 rings (SSSR count). The van der Waals surface area contributed by atoms with Crippen LogP contribution in [0.15, 0.2) is 4.99 Å². The van der Waals surface area contributed by atoms with Gasteiger partial charge in [0.2, 0.25) is 5.91 Å². The molecule has 1 amide bonds. The molecule has 0 aromatic heterocycles. The molecule has 0 aromatic carbocycles. The quantitative estimate of drug-likeness (QED) is 0.606. The van der Waals surface area contributed by atoms with E-state index in [0.717, 1.165) is 45.3 Å². The van der Waals surface area contributed by atoms with Gasteiger partial charge in [-0.25, -0.2) is 0 Å². The molecule has 3 unspecified atom stereocenters. The first-order chi connectivity index (χ1) is 12.2. The minimum atomic E-state index is 0.177. The normalized spacial score (nSPS) is 34.2. The second kappa shape index (κ2) is 6.78. The van der Waals surface area contributed by atoms with Crippen LogP contribution in [-0.4, -0.2) is 73.1 Å². The van der Waals surface area contributed by atoms with E-state index in [1.54, 1.807) is 6.92 Å². The lowest BCUT2D eigenvalue weighted by Crippen LogP contribution is -2.70. The number of guanidine groups is 1. The van der Waals surface area contributed by atoms with Crippen molar-refractivity contribution in [3.8, 4) is 0 Å². The average Bonchev–Trinajstić information content (AvgIpc) is 3.27. The molecule has 0 radical (unpaired) electrons. The average molecular weight is 348 g/mol. The lowest BCUT2D eigenvalue weighted by Gasteiger charge is -2.57. The molecular weight excluding hydrogens is 316 g/mol. The second-order valence-corrected chi connectivity index (χ2v) is 8.10. The molecule has 2 aliphatic carbocycles. The van der Waals surface area contributed by atoms with E-state index >= 15 is 0 Å². The minimum absolute atomic E-state index is 0.177. The Labute approximate surface area is 151 Å². The smallest absolute Gasteiger partial charge is 0.219 e. The molecule has 6 heteroatoms. The number of hydrogen-bond acceptors (Lipinski definition) is 3. The van der Waals surface area contributed by atoms with Crippen molar-refractivity contribution in [3.05, 3.63) is 0 Å². The zero-order valence-electron chi connectivity index (χ0n) is 15.7. The van der Waals surface area contributed by atoms with Crippen molar-refractivity contribution in [2.75, 3.05) is 39.3 Å². The van der Waals surface area contributed by atoms with Crippen LogP contribution >= 0.6 is 0 Å². The van der Waals surface area contributed by atoms with Crippen molar-refractivity contribution < 1.29 is 9.53 Å². The Kier molecular flexibility index (Phi) is 4.65. The van der Waals surface area contributed by atoms with Gasteiger partial charge in [0.05, 0.1) is 6.10 Å². The van der Waals surface area contributed by atoms with E-state index in [0.29, 0.717) is 23.5 Å². The van der Waals surface area contributed by atoms with E-state index < -0.39 is 0 Å². The van der Waals surface area contributed by atoms with Crippen molar-refractivity contribution in [3.63, 3.8) is 0 Å². The van der Waals surface area contributed by atoms with E-state index in [1.807, 2.05) is 4.90 Å². The number of nitrogens with one attached hydrogen (secondary N) is 1. The van der Waals surface area contributed by atoms with Crippen molar-refractivity contribution in [1.29, 1.82) is 0 Å². The van der Waals surface area contributed by atoms with Crippen LogP contribution in [0.4, 0.5) is 0 Å². The number of ether oxygens (including phenoxy) is 1. The molecule has 4 aliphatic rings. The molecule has 25 heavy (non-hydrogen) atoms. The van der Waals surface area contributed by atoms with Gasteiger partial charge >= 0.3 is 0 Å². The zero-order chi connectivity index (χ0) is 17.4. The molecule has 0 aromatic rings. The summed E-state index contributed by atoms with van der Waals surface area (Å²) in [6.45, 7) is 8.81. The minimum Gasteiger partial charge on any atom is -0.377 e. The second-order valence-electron chi connectivity index (χ2n) is 8.10. The summed E-state index contributed by atoms with van der Waals surface area (Å²) < 4.78 is 6.11. The number of nitrogens with zero attached hydrogens (tertiary/aromatic N) is 3. The molecule has 1 N–H and O–H groups in total. The Bertz CT molecular complexity index is 536. The van der Waals surface area contributed by atoms with Gasteiger partial charge in [0.15, 0.2) is 5.96 Å². The molecule has 1 spiro atoms. The highest BCUT2D eigenvalue weighted by atomic mass is 16.5. The summed E-state index contributed by atoms with van der Waals surface area (Å²) in [6.07, 6.45) is 6.92. The highest BCUT2D eigenvalue weighted by molar-refractivity contribution is 5.81. The molecule has 0 bridgehead atoms. The van der Waals surface area contributed by atoms with Crippen LogP contribution in [0.3, 0.4) is 0 Å². The summed E-state index contributed by atoms with van der Waals surface area (Å²) >= 11 is 0. The maximum atomic E-state index is 11.6. The molecule has 6 nitrogen and oxygen atoms in total. The van der Waals surface area contributed by atoms with Crippen LogP contribution in [0.5, 0.6) is 0 Å². The molecule has 2 heterocycles. The van der Waals surface area contributed by atoms with Crippen LogP contribution in [0, 0.1) is 11.3 Å². The van der Waals surface area contributed by atoms with Gasteiger partial charge < -0.3 is 19.9 Å². The van der Waals surface area contributed by atoms with Crippen molar-refractivity contribution >= 4 is 11.9 Å². The summed E-state index contributed by atoms with van der Waals surface area (Å²) in [5, 5.41) is 3.86. The SMILES string of the molecule is CCN=C(NC1C2CCOC2C12CCCC2)N1CCN(C(C)=O)CC1. The van der Waals surface area contributed by atoms with Gasteiger partial charge in [0.25, 0.3) is 0 Å². The number of carbonyl (C=O) groups is 1. The molecule has 4 fully saturated rings. The highest BCUT2D eigenvalue weighted by Crippen LogP contribution is 2.60. The number of hydrogen-bond donors (Lipinski definition) is 1. The van der Waals surface area contributed by atoms with Gasteiger partial charge in [-0.2, -0.15) is 0 Å². The van der Waals surface area contributed by atoms with E-state index in [1.165, 1.54) is 32.1 Å². The van der Waals surface area contributed by atoms with E-state index in [9.17, 15) is 4.79 Å². The van der Waals surface area contributed by atoms with Crippen LogP contribution in [0.1, 0.15) is 46.0 Å². The Hall–Kier alpha value is -1.30. The fourth-order valence-corrected chi connectivity index (χ4v) is 5.66. The number of amides is 1. The molecule has 2 aliphatic heterocycles. The monoisotopic (exact) mass is 348 g/mol. The molecular formula is C19H32N4O2. The Morgan fingerprint density at radius 1 is 1.20 bits per heavy atom. The standard InChI is InChI=1S/C19H32N4O2/c1-3-20-18(23-11-9-22(10-12-23)14(2)24)21-16-15-6-13-25-17(15)19(16)7-4-5-8-19/h15-17H,3-13H2,1-2H3,(H,20,21). The summed E-state index contributed by atoms with van der Waals surface area (Å²) in [5.41, 5.74) is 0.344. The topological polar surface area (TPSA) is 57.2 Å². The van der Waals surface area contributed by atoms with Gasteiger partial charge in [-0.1, -0.05) is 12.8 Å². The molecule has 2 saturated heterocycles. The van der Waals surface area contributed by atoms with Gasteiger partial charge in [0.1, 0.15) is 0 Å². The predicted molar refractivity (Wildman–Crippen MR) is 97.5 cm³/mol. The lowest BCUT2D eigenvalue weighted by atomic mass is 9.54. The van der Waals surface area contributed by atoms with Crippen molar-refractivity contribution in [1.82, 2.24) is 15.1 Å². The van der Waals surface area contributed by atoms with Crippen LogP contribution < -0.4 is 5.32 Å². The third-order valence-corrected chi connectivity index (χ3v) is 6.90. The Morgan fingerprint density at radius 3 is 2.52 bits per heavy atom. The van der Waals surface area contributed by atoms with Gasteiger partial charge in [-0.3, -0.25) is 9.79 Å². The first kappa shape index (κ1) is 17.1. The number of fused-ring (bicyclic) bond motifs is 2. The fourth-order valence-electron chi connectivity index (χ4n) is 5.66. The largest absolute Gasteiger partial charge is 0.377 e. The van der Waals surface area contributed by atoms with E-state index in [2.05, 4.69) is 17.1 Å². The highest BCUT2D eigenvalue weighted by Gasteiger charge is 2.65. The lowest BCUT2D eigenvalue weighted by molar-refractivity contribution is -0.130. The number of piperazine rings is 1. The maximum Gasteiger partial charge on any atom is 0.219 e. The third kappa shape index (κ3) is 2.82. The predicted octanol–water partition coefficient (Wildman–Crippen LogP) is 1.46. The number of carbonyl (C=O) groups excluding carboxylic acids is 1. The number of rotatable bonds is 2. The van der Waals surface area contributed by atoms with Gasteiger partial charge in [-0.05, 0) is 26.2 Å². The summed E-state index contributed by atoms with van der Waals surface area (Å²) in [4.78, 5) is 20.6. The summed E-state index contributed by atoms with van der Waals surface area (Å²) in [7, 11) is 0. The van der Waals surface area contributed by atoms with Crippen molar-refractivity contribution in [2.45, 2.75) is 58.1 Å². The molecule has 140 valence electrons. The van der Waals surface area contributed by atoms with Crippen LogP contribution in [0.25, 0.3) is 0 Å².